The molecule has 0 bridgehead atoms. The minimum atomic E-state index is -0.124. The van der Waals surface area contributed by atoms with Crippen LogP contribution in [0, 0.1) is 11.8 Å². The van der Waals surface area contributed by atoms with Crippen molar-refractivity contribution in [2.45, 2.75) is 13.3 Å². The molecular formula is C10H20N2O2. The lowest BCUT2D eigenvalue weighted by Gasteiger charge is -2.19. The Bertz CT molecular complexity index is 197. The smallest absolute Gasteiger partial charge is 0.309 e. The van der Waals surface area contributed by atoms with Gasteiger partial charge in [-0.15, -0.1) is 0 Å². The highest BCUT2D eigenvalue weighted by Crippen LogP contribution is 2.16. The number of likely N-dealkylation sites (tertiary alicyclic amines) is 1. The van der Waals surface area contributed by atoms with Gasteiger partial charge in [-0.1, -0.05) is 6.92 Å². The van der Waals surface area contributed by atoms with Gasteiger partial charge < -0.3 is 15.4 Å². The van der Waals surface area contributed by atoms with Crippen molar-refractivity contribution in [3.63, 3.8) is 0 Å². The van der Waals surface area contributed by atoms with Gasteiger partial charge in [0.05, 0.1) is 13.0 Å². The van der Waals surface area contributed by atoms with Crippen molar-refractivity contribution in [2.24, 2.45) is 17.6 Å². The lowest BCUT2D eigenvalue weighted by Crippen LogP contribution is -2.31. The molecule has 0 aliphatic carbocycles. The van der Waals surface area contributed by atoms with E-state index < -0.39 is 0 Å². The second-order valence-electron chi connectivity index (χ2n) is 4.07. The van der Waals surface area contributed by atoms with E-state index >= 15 is 0 Å². The van der Waals surface area contributed by atoms with Crippen LogP contribution in [0.2, 0.25) is 0 Å². The molecule has 4 nitrogen and oxygen atoms in total. The van der Waals surface area contributed by atoms with E-state index in [9.17, 15) is 4.79 Å². The van der Waals surface area contributed by atoms with E-state index in [1.54, 1.807) is 0 Å². The van der Waals surface area contributed by atoms with Crippen LogP contribution in [-0.4, -0.2) is 44.2 Å². The first-order valence-electron chi connectivity index (χ1n) is 5.17. The van der Waals surface area contributed by atoms with Crippen molar-refractivity contribution in [3.05, 3.63) is 0 Å². The Kier molecular flexibility index (Phi) is 4.35. The molecule has 82 valence electrons. The minimum Gasteiger partial charge on any atom is -0.469 e. The monoisotopic (exact) mass is 200 g/mol. The van der Waals surface area contributed by atoms with Crippen LogP contribution in [0.15, 0.2) is 0 Å². The van der Waals surface area contributed by atoms with Gasteiger partial charge >= 0.3 is 5.97 Å². The predicted octanol–water partition coefficient (Wildman–Crippen LogP) is 0.0761. The zero-order valence-corrected chi connectivity index (χ0v) is 9.03. The van der Waals surface area contributed by atoms with Crippen molar-refractivity contribution < 1.29 is 9.53 Å². The molecule has 4 heteroatoms. The van der Waals surface area contributed by atoms with Crippen LogP contribution in [0.5, 0.6) is 0 Å². The van der Waals surface area contributed by atoms with Crippen LogP contribution in [0.25, 0.3) is 0 Å². The standard InChI is InChI=1S/C10H20N2O2/c1-8(10(13)14-2)6-12-4-3-9(5-11)7-12/h8-9H,3-7,11H2,1-2H3. The molecule has 0 saturated carbocycles. The number of rotatable bonds is 4. The van der Waals surface area contributed by atoms with Gasteiger partial charge in [0.15, 0.2) is 0 Å². The maximum Gasteiger partial charge on any atom is 0.309 e. The molecule has 2 unspecified atom stereocenters. The first-order valence-corrected chi connectivity index (χ1v) is 5.17. The van der Waals surface area contributed by atoms with Crippen molar-refractivity contribution in [3.8, 4) is 0 Å². The molecule has 0 radical (unpaired) electrons. The summed E-state index contributed by atoms with van der Waals surface area (Å²) in [5, 5.41) is 0. The Morgan fingerprint density at radius 2 is 2.43 bits per heavy atom. The third kappa shape index (κ3) is 2.96. The molecule has 0 amide bonds. The van der Waals surface area contributed by atoms with Crippen molar-refractivity contribution in [1.82, 2.24) is 4.90 Å². The summed E-state index contributed by atoms with van der Waals surface area (Å²) in [6.45, 7) is 5.54. The van der Waals surface area contributed by atoms with Crippen LogP contribution in [0.4, 0.5) is 0 Å². The van der Waals surface area contributed by atoms with Gasteiger partial charge in [-0.25, -0.2) is 0 Å². The zero-order chi connectivity index (χ0) is 10.6. The number of ether oxygens (including phenoxy) is 1. The number of hydrogen-bond donors (Lipinski definition) is 1. The molecule has 1 saturated heterocycles. The van der Waals surface area contributed by atoms with Gasteiger partial charge in [-0.05, 0) is 25.4 Å². The Morgan fingerprint density at radius 1 is 1.71 bits per heavy atom. The number of carbonyl (C=O) groups excluding carboxylic acids is 1. The first kappa shape index (κ1) is 11.5. The zero-order valence-electron chi connectivity index (χ0n) is 9.03. The fourth-order valence-electron chi connectivity index (χ4n) is 1.93. The summed E-state index contributed by atoms with van der Waals surface area (Å²) >= 11 is 0. The molecule has 2 N–H and O–H groups in total. The van der Waals surface area contributed by atoms with Crippen LogP contribution >= 0.6 is 0 Å². The average molecular weight is 200 g/mol. The van der Waals surface area contributed by atoms with Crippen LogP contribution < -0.4 is 5.73 Å². The number of esters is 1. The molecule has 1 rings (SSSR count). The number of nitrogens with zero attached hydrogens (tertiary/aromatic N) is 1. The number of hydrogen-bond acceptors (Lipinski definition) is 4. The second kappa shape index (κ2) is 5.32. The lowest BCUT2D eigenvalue weighted by molar-refractivity contribution is -0.145. The summed E-state index contributed by atoms with van der Waals surface area (Å²) < 4.78 is 4.69. The van der Waals surface area contributed by atoms with E-state index in [4.69, 9.17) is 5.73 Å². The lowest BCUT2D eigenvalue weighted by atomic mass is 10.1. The van der Waals surface area contributed by atoms with Gasteiger partial charge in [0.25, 0.3) is 0 Å². The third-order valence-electron chi connectivity index (χ3n) is 2.84. The predicted molar refractivity (Wildman–Crippen MR) is 54.8 cm³/mol. The summed E-state index contributed by atoms with van der Waals surface area (Å²) in [6.07, 6.45) is 1.16. The maximum atomic E-state index is 11.2. The molecule has 0 spiro atoms. The van der Waals surface area contributed by atoms with Gasteiger partial charge in [0, 0.05) is 13.1 Å². The van der Waals surface area contributed by atoms with Gasteiger partial charge in [0.1, 0.15) is 0 Å². The summed E-state index contributed by atoms with van der Waals surface area (Å²) in [6, 6.07) is 0. The Morgan fingerprint density at radius 3 is 2.93 bits per heavy atom. The highest BCUT2D eigenvalue weighted by atomic mass is 16.5. The van der Waals surface area contributed by atoms with Crippen molar-refractivity contribution in [2.75, 3.05) is 33.3 Å². The maximum absolute atomic E-state index is 11.2. The Hall–Kier alpha value is -0.610. The van der Waals surface area contributed by atoms with E-state index in [2.05, 4.69) is 9.64 Å². The van der Waals surface area contributed by atoms with Crippen LogP contribution in [0.3, 0.4) is 0 Å². The Balaban J connectivity index is 2.28. The number of methoxy groups -OCH3 is 1. The quantitative estimate of drug-likeness (QED) is 0.653. The van der Waals surface area contributed by atoms with Gasteiger partial charge in [0.2, 0.25) is 0 Å². The van der Waals surface area contributed by atoms with Crippen molar-refractivity contribution in [1.29, 1.82) is 0 Å². The molecule has 2 atom stereocenters. The Labute approximate surface area is 85.4 Å². The van der Waals surface area contributed by atoms with Crippen LogP contribution in [0.1, 0.15) is 13.3 Å². The SMILES string of the molecule is COC(=O)C(C)CN1CCC(CN)C1. The van der Waals surface area contributed by atoms with Gasteiger partial charge in [-0.2, -0.15) is 0 Å². The average Bonchev–Trinajstić information content (AvgIpc) is 2.64. The molecule has 0 aromatic carbocycles. The number of carbonyl (C=O) groups is 1. The molecule has 1 aliphatic rings. The molecule has 1 heterocycles. The summed E-state index contributed by atoms with van der Waals surface area (Å²) in [7, 11) is 1.44. The van der Waals surface area contributed by atoms with Crippen molar-refractivity contribution >= 4 is 5.97 Å². The van der Waals surface area contributed by atoms with Crippen LogP contribution in [-0.2, 0) is 9.53 Å². The fourth-order valence-corrected chi connectivity index (χ4v) is 1.93. The molecule has 0 aromatic rings. The normalized spacial score (nSPS) is 24.9. The molecular weight excluding hydrogens is 180 g/mol. The van der Waals surface area contributed by atoms with Gasteiger partial charge in [-0.3, -0.25) is 4.79 Å². The van der Waals surface area contributed by atoms with E-state index in [1.807, 2.05) is 6.92 Å². The summed E-state index contributed by atoms with van der Waals surface area (Å²) in [5.74, 6) is 0.456. The molecule has 1 aliphatic heterocycles. The highest BCUT2D eigenvalue weighted by Gasteiger charge is 2.24. The number of nitrogens with two attached hydrogens (primary N) is 1. The second-order valence-corrected chi connectivity index (χ2v) is 4.07. The minimum absolute atomic E-state index is 0.0310. The summed E-state index contributed by atoms with van der Waals surface area (Å²) in [4.78, 5) is 13.5. The van der Waals surface area contributed by atoms with E-state index in [0.717, 1.165) is 32.6 Å². The topological polar surface area (TPSA) is 55.6 Å². The molecule has 14 heavy (non-hydrogen) atoms. The molecule has 1 fully saturated rings. The summed E-state index contributed by atoms with van der Waals surface area (Å²) in [5.41, 5.74) is 5.59. The highest BCUT2D eigenvalue weighted by molar-refractivity contribution is 5.72. The van der Waals surface area contributed by atoms with E-state index in [1.165, 1.54) is 7.11 Å². The third-order valence-corrected chi connectivity index (χ3v) is 2.84. The molecule has 0 aromatic heterocycles. The van der Waals surface area contributed by atoms with E-state index in [0.29, 0.717) is 5.92 Å². The van der Waals surface area contributed by atoms with E-state index in [-0.39, 0.29) is 11.9 Å². The fraction of sp³-hybridized carbons (Fsp3) is 0.900. The largest absolute Gasteiger partial charge is 0.469 e. The first-order chi connectivity index (χ1) is 6.67.